The zero-order valence-corrected chi connectivity index (χ0v) is 15.6. The second kappa shape index (κ2) is 7.18. The van der Waals surface area contributed by atoms with E-state index in [1.54, 1.807) is 11.3 Å². The van der Waals surface area contributed by atoms with Crippen LogP contribution in [0.3, 0.4) is 0 Å². The second-order valence-electron chi connectivity index (χ2n) is 4.93. The number of halogens is 2. The van der Waals surface area contributed by atoms with Gasteiger partial charge in [-0.2, -0.15) is 0 Å². The molecule has 0 aliphatic heterocycles. The normalized spacial score (nSPS) is 12.9. The summed E-state index contributed by atoms with van der Waals surface area (Å²) in [7, 11) is 2.12. The highest BCUT2D eigenvalue weighted by Gasteiger charge is 2.16. The summed E-state index contributed by atoms with van der Waals surface area (Å²) in [6.07, 6.45) is 0. The first kappa shape index (κ1) is 16.2. The average Bonchev–Trinajstić information content (AvgIpc) is 2.80. The molecule has 1 unspecified atom stereocenters. The lowest BCUT2D eigenvalue weighted by molar-refractivity contribution is 0.242. The van der Waals surface area contributed by atoms with Crippen molar-refractivity contribution < 1.29 is 0 Å². The molecular formula is C15H18Br2N2S. The highest BCUT2D eigenvalue weighted by atomic mass is 79.9. The molecule has 0 saturated carbocycles. The lowest BCUT2D eigenvalue weighted by Crippen LogP contribution is -2.30. The summed E-state index contributed by atoms with van der Waals surface area (Å²) in [6.45, 7) is 3.60. The van der Waals surface area contributed by atoms with Gasteiger partial charge in [0.2, 0.25) is 0 Å². The molecule has 0 saturated heterocycles. The summed E-state index contributed by atoms with van der Waals surface area (Å²) >= 11 is 8.82. The summed E-state index contributed by atoms with van der Waals surface area (Å²) in [4.78, 5) is 2.30. The van der Waals surface area contributed by atoms with Gasteiger partial charge in [0, 0.05) is 23.6 Å². The lowest BCUT2D eigenvalue weighted by Gasteiger charge is -2.27. The fraction of sp³-hybridized carbons (Fsp3) is 0.333. The molecule has 0 radical (unpaired) electrons. The Kier molecular flexibility index (Phi) is 5.81. The van der Waals surface area contributed by atoms with E-state index in [1.807, 2.05) is 0 Å². The summed E-state index contributed by atoms with van der Waals surface area (Å²) in [5.74, 6) is 0. The fourth-order valence-electron chi connectivity index (χ4n) is 2.21. The Morgan fingerprint density at radius 2 is 2.05 bits per heavy atom. The molecular weight excluding hydrogens is 400 g/mol. The van der Waals surface area contributed by atoms with Crippen LogP contribution < -0.4 is 5.73 Å². The van der Waals surface area contributed by atoms with E-state index in [2.05, 4.69) is 80.4 Å². The van der Waals surface area contributed by atoms with E-state index in [-0.39, 0.29) is 6.04 Å². The van der Waals surface area contributed by atoms with Crippen molar-refractivity contribution in [1.29, 1.82) is 0 Å². The SMILES string of the molecule is Cc1ccc(C(CN)N(C)Cc2csc(Br)c2)cc1Br. The van der Waals surface area contributed by atoms with Crippen LogP contribution in [0.2, 0.25) is 0 Å². The first-order chi connectivity index (χ1) is 9.51. The van der Waals surface area contributed by atoms with Crippen LogP contribution in [0.5, 0.6) is 0 Å². The van der Waals surface area contributed by atoms with Crippen molar-refractivity contribution in [2.45, 2.75) is 19.5 Å². The number of thiophene rings is 1. The first-order valence-corrected chi connectivity index (χ1v) is 8.87. The number of likely N-dealkylation sites (N-methyl/N-ethyl adjacent to an activating group) is 1. The molecule has 0 bridgehead atoms. The standard InChI is InChI=1S/C15H18Br2N2S/c1-10-3-4-12(6-13(10)16)14(7-18)19(2)8-11-5-15(17)20-9-11/h3-6,9,14H,7-8,18H2,1-2H3. The number of aryl methyl sites for hydroxylation is 1. The van der Waals surface area contributed by atoms with Crippen LogP contribution in [0.4, 0.5) is 0 Å². The first-order valence-electron chi connectivity index (χ1n) is 6.40. The van der Waals surface area contributed by atoms with Crippen LogP contribution in [0, 0.1) is 6.92 Å². The van der Waals surface area contributed by atoms with Crippen LogP contribution in [0.25, 0.3) is 0 Å². The molecule has 1 aromatic carbocycles. The van der Waals surface area contributed by atoms with Gasteiger partial charge in [-0.15, -0.1) is 11.3 Å². The topological polar surface area (TPSA) is 29.3 Å². The van der Waals surface area contributed by atoms with Crippen molar-refractivity contribution in [3.05, 3.63) is 54.6 Å². The zero-order valence-electron chi connectivity index (χ0n) is 11.6. The van der Waals surface area contributed by atoms with Gasteiger partial charge in [-0.1, -0.05) is 28.1 Å². The largest absolute Gasteiger partial charge is 0.329 e. The zero-order chi connectivity index (χ0) is 14.7. The van der Waals surface area contributed by atoms with Gasteiger partial charge in [0.1, 0.15) is 0 Å². The summed E-state index contributed by atoms with van der Waals surface area (Å²) in [5, 5.41) is 2.18. The quantitative estimate of drug-likeness (QED) is 0.762. The minimum Gasteiger partial charge on any atom is -0.329 e. The molecule has 0 spiro atoms. The monoisotopic (exact) mass is 416 g/mol. The molecule has 0 fully saturated rings. The van der Waals surface area contributed by atoms with Gasteiger partial charge in [0.05, 0.1) is 3.79 Å². The molecule has 20 heavy (non-hydrogen) atoms. The Labute approximate surface area is 141 Å². The summed E-state index contributed by atoms with van der Waals surface area (Å²) in [5.41, 5.74) is 9.80. The highest BCUT2D eigenvalue weighted by molar-refractivity contribution is 9.11. The molecule has 2 aromatic rings. The number of benzene rings is 1. The second-order valence-corrected chi connectivity index (χ2v) is 8.08. The van der Waals surface area contributed by atoms with E-state index < -0.39 is 0 Å². The Bertz CT molecular complexity index is 583. The van der Waals surface area contributed by atoms with Crippen molar-refractivity contribution >= 4 is 43.2 Å². The minimum absolute atomic E-state index is 0.227. The Hall–Kier alpha value is -0.200. The predicted octanol–water partition coefficient (Wildman–Crippen LogP) is 4.71. The maximum absolute atomic E-state index is 5.99. The molecule has 1 atom stereocenters. The van der Waals surface area contributed by atoms with Crippen molar-refractivity contribution in [3.63, 3.8) is 0 Å². The average molecular weight is 418 g/mol. The molecule has 0 amide bonds. The van der Waals surface area contributed by atoms with Gasteiger partial charge in [0.15, 0.2) is 0 Å². The third-order valence-electron chi connectivity index (χ3n) is 3.39. The van der Waals surface area contributed by atoms with E-state index in [9.17, 15) is 0 Å². The Morgan fingerprint density at radius 3 is 2.60 bits per heavy atom. The third kappa shape index (κ3) is 3.92. The van der Waals surface area contributed by atoms with Crippen LogP contribution in [-0.2, 0) is 6.54 Å². The van der Waals surface area contributed by atoms with Gasteiger partial charge in [0.25, 0.3) is 0 Å². The maximum atomic E-state index is 5.99. The van der Waals surface area contributed by atoms with Crippen molar-refractivity contribution in [2.75, 3.05) is 13.6 Å². The summed E-state index contributed by atoms with van der Waals surface area (Å²) in [6, 6.07) is 8.87. The van der Waals surface area contributed by atoms with Gasteiger partial charge < -0.3 is 5.73 Å². The summed E-state index contributed by atoms with van der Waals surface area (Å²) < 4.78 is 2.31. The van der Waals surface area contributed by atoms with Crippen LogP contribution in [0.1, 0.15) is 22.7 Å². The minimum atomic E-state index is 0.227. The van der Waals surface area contributed by atoms with E-state index >= 15 is 0 Å². The lowest BCUT2D eigenvalue weighted by atomic mass is 10.0. The molecule has 108 valence electrons. The molecule has 5 heteroatoms. The van der Waals surface area contributed by atoms with Gasteiger partial charge in [-0.25, -0.2) is 0 Å². The molecule has 2 rings (SSSR count). The van der Waals surface area contributed by atoms with Crippen LogP contribution in [-0.4, -0.2) is 18.5 Å². The molecule has 2 nitrogen and oxygen atoms in total. The number of rotatable bonds is 5. The number of hydrogen-bond donors (Lipinski definition) is 1. The number of nitrogens with zero attached hydrogens (tertiary/aromatic N) is 1. The number of hydrogen-bond acceptors (Lipinski definition) is 3. The molecule has 2 N–H and O–H groups in total. The van der Waals surface area contributed by atoms with Gasteiger partial charge in [-0.3, -0.25) is 4.90 Å². The van der Waals surface area contributed by atoms with Gasteiger partial charge in [-0.05, 0) is 64.1 Å². The van der Waals surface area contributed by atoms with Crippen molar-refractivity contribution in [1.82, 2.24) is 4.90 Å². The van der Waals surface area contributed by atoms with E-state index in [0.717, 1.165) is 11.0 Å². The molecule has 1 heterocycles. The fourth-order valence-corrected chi connectivity index (χ4v) is 3.81. The predicted molar refractivity (Wildman–Crippen MR) is 94.2 cm³/mol. The smallest absolute Gasteiger partial charge is 0.0701 e. The van der Waals surface area contributed by atoms with E-state index in [1.165, 1.54) is 20.5 Å². The van der Waals surface area contributed by atoms with E-state index in [0.29, 0.717) is 6.54 Å². The molecule has 0 aliphatic rings. The van der Waals surface area contributed by atoms with Crippen LogP contribution >= 0.6 is 43.2 Å². The Balaban J connectivity index is 2.16. The van der Waals surface area contributed by atoms with E-state index in [4.69, 9.17) is 5.73 Å². The maximum Gasteiger partial charge on any atom is 0.0701 e. The number of nitrogens with two attached hydrogens (primary N) is 1. The molecule has 1 aromatic heterocycles. The highest BCUT2D eigenvalue weighted by Crippen LogP contribution is 2.27. The van der Waals surface area contributed by atoms with Crippen molar-refractivity contribution in [3.8, 4) is 0 Å². The van der Waals surface area contributed by atoms with Crippen molar-refractivity contribution in [2.24, 2.45) is 5.73 Å². The third-order valence-corrected chi connectivity index (χ3v) is 5.80. The van der Waals surface area contributed by atoms with Crippen LogP contribution in [0.15, 0.2) is 37.9 Å². The van der Waals surface area contributed by atoms with Gasteiger partial charge >= 0.3 is 0 Å². The molecule has 0 aliphatic carbocycles. The Morgan fingerprint density at radius 1 is 1.30 bits per heavy atom.